The first-order valence-electron chi connectivity index (χ1n) is 10.9. The third kappa shape index (κ3) is 6.53. The van der Waals surface area contributed by atoms with Gasteiger partial charge in [0.15, 0.2) is 5.65 Å². The minimum atomic E-state index is -0.249. The number of aryl methyl sites for hydroxylation is 1. The fraction of sp³-hybridized carbons (Fsp3) is 0.435. The molecular formula is C23H32ClIN5OPS. The minimum absolute atomic E-state index is 0.249. The van der Waals surface area contributed by atoms with E-state index in [-0.39, 0.29) is 5.60 Å². The van der Waals surface area contributed by atoms with Gasteiger partial charge in [0.1, 0.15) is 22.1 Å². The lowest BCUT2D eigenvalue weighted by Gasteiger charge is -2.18. The van der Waals surface area contributed by atoms with Gasteiger partial charge in [-0.25, -0.2) is 15.0 Å². The molecule has 2 aromatic heterocycles. The molecule has 0 bridgehead atoms. The summed E-state index contributed by atoms with van der Waals surface area (Å²) in [5, 5.41) is 3.94. The van der Waals surface area contributed by atoms with Crippen molar-refractivity contribution in [3.05, 3.63) is 40.8 Å². The van der Waals surface area contributed by atoms with Crippen molar-refractivity contribution in [2.75, 3.05) is 18.1 Å². The monoisotopic (exact) mass is 619 g/mol. The second-order valence-corrected chi connectivity index (χ2v) is 10.6. The third-order valence-corrected chi connectivity index (χ3v) is 7.65. The predicted octanol–water partition coefficient (Wildman–Crippen LogP) is 8.26. The molecule has 0 aliphatic carbocycles. The van der Waals surface area contributed by atoms with Gasteiger partial charge in [0.05, 0.1) is 24.3 Å². The Kier molecular flexibility index (Phi) is 10.7. The largest absolute Gasteiger partial charge is 0.469 e. The molecule has 3 aromatic rings. The molecule has 0 amide bonds. The van der Waals surface area contributed by atoms with Crippen LogP contribution in [-0.2, 0) is 4.74 Å². The Morgan fingerprint density at radius 3 is 2.42 bits per heavy atom. The SMILES string of the molecule is CC.CC.CSc1cc(C2=NCC(C)(C)O2)ccc1Nc1cc(Cl)nc2c1nc(C)n2PI. The van der Waals surface area contributed by atoms with Gasteiger partial charge in [0.25, 0.3) is 0 Å². The zero-order chi connectivity index (χ0) is 24.8. The van der Waals surface area contributed by atoms with Crippen LogP contribution >= 0.6 is 51.8 Å². The number of benzene rings is 1. The van der Waals surface area contributed by atoms with Crippen molar-refractivity contribution in [3.63, 3.8) is 0 Å². The maximum atomic E-state index is 6.31. The Labute approximate surface area is 221 Å². The van der Waals surface area contributed by atoms with E-state index in [4.69, 9.17) is 21.3 Å². The molecule has 1 unspecified atom stereocenters. The summed E-state index contributed by atoms with van der Waals surface area (Å²) in [6.45, 7) is 14.7. The molecule has 0 fully saturated rings. The van der Waals surface area contributed by atoms with Crippen LogP contribution in [0.4, 0.5) is 11.4 Å². The number of aliphatic imine (C=N–C) groups is 1. The van der Waals surface area contributed by atoms with Gasteiger partial charge in [-0.15, -0.1) is 11.8 Å². The Balaban J connectivity index is 0.000000914. The molecule has 0 saturated carbocycles. The Hall–Kier alpha value is -1.09. The molecule has 1 atom stereocenters. The molecule has 0 saturated heterocycles. The van der Waals surface area contributed by atoms with E-state index >= 15 is 0 Å². The van der Waals surface area contributed by atoms with Gasteiger partial charge in [-0.3, -0.25) is 4.34 Å². The molecule has 1 aliphatic heterocycles. The maximum Gasteiger partial charge on any atom is 0.216 e. The number of pyridine rings is 1. The standard InChI is InChI=1S/C19H20ClIN5OPS.2C2H6/c1-10-23-16-13(8-15(20)25-17(16)26(10)28-21)24-12-6-5-11(7-14(12)29-4)18-22-9-19(2,3)27-18;2*1-2/h5-8,28H,9H2,1-4H3,(H,24,25);2*1-2H3. The number of ether oxygens (including phenoxy) is 1. The van der Waals surface area contributed by atoms with E-state index < -0.39 is 0 Å². The highest BCUT2D eigenvalue weighted by Gasteiger charge is 2.28. The van der Waals surface area contributed by atoms with E-state index in [2.05, 4.69) is 54.0 Å². The van der Waals surface area contributed by atoms with Crippen LogP contribution in [0.5, 0.6) is 0 Å². The van der Waals surface area contributed by atoms with Crippen molar-refractivity contribution in [3.8, 4) is 0 Å². The third-order valence-electron chi connectivity index (χ3n) is 4.53. The summed E-state index contributed by atoms with van der Waals surface area (Å²) in [5.74, 6) is 1.62. The Morgan fingerprint density at radius 1 is 1.15 bits per heavy atom. The zero-order valence-corrected chi connectivity index (χ0v) is 25.1. The molecule has 180 valence electrons. The lowest BCUT2D eigenvalue weighted by Crippen LogP contribution is -2.24. The van der Waals surface area contributed by atoms with E-state index in [1.807, 2.05) is 66.7 Å². The lowest BCUT2D eigenvalue weighted by molar-refractivity contribution is 0.131. The lowest BCUT2D eigenvalue weighted by atomic mass is 10.1. The minimum Gasteiger partial charge on any atom is -0.469 e. The molecule has 10 heteroatoms. The molecule has 4 rings (SSSR count). The topological polar surface area (TPSA) is 64.3 Å². The van der Waals surface area contributed by atoms with Crippen molar-refractivity contribution in [1.29, 1.82) is 0 Å². The Morgan fingerprint density at radius 2 is 1.85 bits per heavy atom. The number of fused-ring (bicyclic) bond motifs is 1. The van der Waals surface area contributed by atoms with Gasteiger partial charge < -0.3 is 10.1 Å². The summed E-state index contributed by atoms with van der Waals surface area (Å²) in [7, 11) is 0. The van der Waals surface area contributed by atoms with Crippen LogP contribution in [0, 0.1) is 6.92 Å². The molecular weight excluding hydrogens is 588 g/mol. The van der Waals surface area contributed by atoms with Crippen LogP contribution < -0.4 is 5.32 Å². The summed E-state index contributed by atoms with van der Waals surface area (Å²) in [5.41, 5.74) is 4.17. The van der Waals surface area contributed by atoms with E-state index in [1.54, 1.807) is 11.8 Å². The first-order valence-corrected chi connectivity index (χ1v) is 16.6. The van der Waals surface area contributed by atoms with Gasteiger partial charge in [-0.2, -0.15) is 0 Å². The van der Waals surface area contributed by atoms with Gasteiger partial charge >= 0.3 is 0 Å². The van der Waals surface area contributed by atoms with Crippen LogP contribution in [0.2, 0.25) is 5.15 Å². The van der Waals surface area contributed by atoms with Crippen LogP contribution in [0.15, 0.2) is 34.2 Å². The van der Waals surface area contributed by atoms with Crippen molar-refractivity contribution >= 4 is 80.2 Å². The Bertz CT molecular complexity index is 1140. The highest BCUT2D eigenvalue weighted by atomic mass is 127. The summed E-state index contributed by atoms with van der Waals surface area (Å²) < 4.78 is 8.05. The number of rotatable bonds is 5. The number of halogens is 2. The highest BCUT2D eigenvalue weighted by molar-refractivity contribution is 14.2. The molecule has 1 aliphatic rings. The van der Waals surface area contributed by atoms with Crippen molar-refractivity contribution in [2.24, 2.45) is 4.99 Å². The van der Waals surface area contributed by atoms with E-state index in [1.165, 1.54) is 0 Å². The summed E-state index contributed by atoms with van der Waals surface area (Å²) in [6, 6.07) is 7.99. The first kappa shape index (κ1) is 28.1. The second-order valence-electron chi connectivity index (χ2n) is 7.27. The van der Waals surface area contributed by atoms with Crippen LogP contribution in [-0.4, -0.2) is 38.6 Å². The molecule has 6 nitrogen and oxygen atoms in total. The number of nitrogens with one attached hydrogen (secondary N) is 1. The number of hydrogen-bond acceptors (Lipinski definition) is 6. The van der Waals surface area contributed by atoms with Crippen LogP contribution in [0.25, 0.3) is 11.2 Å². The average Bonchev–Trinajstić information content (AvgIpc) is 3.34. The normalized spacial score (nSPS) is 14.3. The molecule has 1 N–H and O–H groups in total. The van der Waals surface area contributed by atoms with Gasteiger partial charge in [-0.05, 0) is 67.3 Å². The molecule has 0 radical (unpaired) electrons. The van der Waals surface area contributed by atoms with Gasteiger partial charge in [-0.1, -0.05) is 39.3 Å². The van der Waals surface area contributed by atoms with Crippen molar-refractivity contribution in [1.82, 2.24) is 14.3 Å². The molecule has 0 spiro atoms. The number of imidazole rings is 1. The number of nitrogens with zero attached hydrogens (tertiary/aromatic N) is 4. The zero-order valence-electron chi connectivity index (χ0n) is 20.4. The van der Waals surface area contributed by atoms with E-state index in [0.717, 1.165) is 38.8 Å². The summed E-state index contributed by atoms with van der Waals surface area (Å²) in [4.78, 5) is 14.8. The second kappa shape index (κ2) is 12.6. The molecule has 3 heterocycles. The summed E-state index contributed by atoms with van der Waals surface area (Å²) >= 11 is 10.3. The van der Waals surface area contributed by atoms with Gasteiger partial charge in [0.2, 0.25) is 5.90 Å². The van der Waals surface area contributed by atoms with Crippen molar-refractivity contribution in [2.45, 2.75) is 59.0 Å². The van der Waals surface area contributed by atoms with Gasteiger partial charge in [0, 0.05) is 16.5 Å². The number of aromatic nitrogens is 3. The van der Waals surface area contributed by atoms with Crippen LogP contribution in [0.3, 0.4) is 0 Å². The fourth-order valence-electron chi connectivity index (χ4n) is 3.13. The fourth-order valence-corrected chi connectivity index (χ4v) is 6.05. The van der Waals surface area contributed by atoms with Crippen molar-refractivity contribution < 1.29 is 4.74 Å². The number of hydrogen-bond donors (Lipinski definition) is 1. The first-order chi connectivity index (χ1) is 15.8. The summed E-state index contributed by atoms with van der Waals surface area (Å²) in [6.07, 6.45) is 2.56. The smallest absolute Gasteiger partial charge is 0.216 e. The molecule has 33 heavy (non-hydrogen) atoms. The number of thioether (sulfide) groups is 1. The highest BCUT2D eigenvalue weighted by Crippen LogP contribution is 2.37. The van der Waals surface area contributed by atoms with E-state index in [0.29, 0.717) is 24.0 Å². The quantitative estimate of drug-likeness (QED) is 0.135. The number of anilines is 2. The average molecular weight is 620 g/mol. The molecule has 1 aromatic carbocycles. The predicted molar refractivity (Wildman–Crippen MR) is 156 cm³/mol. The maximum absolute atomic E-state index is 6.31. The van der Waals surface area contributed by atoms with E-state index in [9.17, 15) is 0 Å². The van der Waals surface area contributed by atoms with Crippen LogP contribution in [0.1, 0.15) is 52.9 Å².